The minimum Gasteiger partial charge on any atom is -0.308 e. The van der Waals surface area contributed by atoms with Crippen LogP contribution >= 0.6 is 0 Å². The molecule has 0 spiro atoms. The maximum absolute atomic E-state index is 9.09. The van der Waals surface area contributed by atoms with Crippen molar-refractivity contribution in [2.75, 3.05) is 0 Å². The van der Waals surface area contributed by atoms with E-state index >= 15 is 0 Å². The molecule has 0 atom stereocenters. The van der Waals surface area contributed by atoms with Gasteiger partial charge in [0.15, 0.2) is 23.2 Å². The summed E-state index contributed by atoms with van der Waals surface area (Å²) in [5.74, 6) is 1.46. The van der Waals surface area contributed by atoms with E-state index in [-0.39, 0.29) is 0 Å². The molecule has 0 saturated carbocycles. The van der Waals surface area contributed by atoms with Crippen molar-refractivity contribution in [1.29, 1.82) is 0 Å². The summed E-state index contributed by atoms with van der Waals surface area (Å²) in [4.78, 5) is 20.0. The smallest absolute Gasteiger partial charge is 0.200 e. The maximum atomic E-state index is 9.09. The van der Waals surface area contributed by atoms with Gasteiger partial charge in [0, 0.05) is 38.2 Å². The van der Waals surface area contributed by atoms with Gasteiger partial charge in [0.25, 0.3) is 0 Å². The molecule has 0 amide bonds. The number of hydrogen-bond donors (Lipinski definition) is 0. The van der Waals surface area contributed by atoms with Gasteiger partial charge < -0.3 is 9.13 Å². The molecule has 0 aliphatic rings. The Hall–Kier alpha value is -10.5. The van der Waals surface area contributed by atoms with Crippen LogP contribution in [0.15, 0.2) is 243 Å². The van der Waals surface area contributed by atoms with Gasteiger partial charge in [-0.05, 0) is 155 Å². The maximum Gasteiger partial charge on any atom is 0.200 e. The number of hydrogen-bond acceptors (Lipinski definition) is 3. The van der Waals surface area contributed by atoms with Crippen molar-refractivity contribution >= 4 is 49.3 Å². The summed E-state index contributed by atoms with van der Waals surface area (Å²) >= 11 is 0. The van der Waals surface area contributed by atoms with Crippen molar-refractivity contribution in [2.24, 2.45) is 0 Å². The van der Waals surface area contributed by atoms with E-state index in [9.17, 15) is 0 Å². The average Bonchev–Trinajstić information content (AvgIpc) is 3.84. The molecule has 6 nitrogen and oxygen atoms in total. The molecule has 0 fully saturated rings. The van der Waals surface area contributed by atoms with Crippen LogP contribution < -0.4 is 0 Å². The van der Waals surface area contributed by atoms with Crippen LogP contribution in [0.5, 0.6) is 0 Å². The van der Waals surface area contributed by atoms with Crippen molar-refractivity contribution in [1.82, 2.24) is 24.1 Å². The lowest BCUT2D eigenvalue weighted by Gasteiger charge is -2.20. The number of nitrogens with zero attached hydrogens (tertiary/aromatic N) is 6. The summed E-state index contributed by atoms with van der Waals surface area (Å²) in [5, 5.41) is 4.45. The van der Waals surface area contributed by atoms with Crippen LogP contribution in [-0.4, -0.2) is 24.1 Å². The molecule has 6 heteroatoms. The molecule has 0 aliphatic carbocycles. The first-order valence-corrected chi connectivity index (χ1v) is 27.1. The molecule has 3 aromatic heterocycles. The lowest BCUT2D eigenvalue weighted by atomic mass is 9.97. The van der Waals surface area contributed by atoms with Crippen LogP contribution in [0.3, 0.4) is 0 Å². The molecule has 0 bridgehead atoms. The Morgan fingerprint density at radius 2 is 0.588 bits per heavy atom. The zero-order chi connectivity index (χ0) is 54.0. The van der Waals surface area contributed by atoms with Crippen molar-refractivity contribution in [2.45, 2.75) is 27.7 Å². The first kappa shape index (κ1) is 47.9. The molecule has 80 heavy (non-hydrogen) atoms. The largest absolute Gasteiger partial charge is 0.308 e. The first-order chi connectivity index (χ1) is 39.3. The van der Waals surface area contributed by atoms with E-state index in [0.29, 0.717) is 28.7 Å². The lowest BCUT2D eigenvalue weighted by Crippen LogP contribution is -2.06. The standard InChI is InChI=1S/C74H52N6/c1-46-20-12-16-28-56(46)52-32-36-66-60(40-52)61-41-53(57-29-17-13-21-47(57)2)33-37-67(61)79(66)70-44-64(74-77-72(50-24-8-6-9-25-50)76-73(78-74)51-26-10-7-11-27-51)65(75-5)45-71(70)80-68-38-34-54(58-30-18-14-22-48(58)3)42-62(68)63-43-55(35-39-69(63)80)59-31-19-15-23-49(59)4/h6-45H,1-4H3. The van der Waals surface area contributed by atoms with Gasteiger partial charge in [-0.3, -0.25) is 0 Å². The minimum absolute atomic E-state index is 0.411. The van der Waals surface area contributed by atoms with Crippen molar-refractivity contribution in [3.63, 3.8) is 0 Å². The number of fused-ring (bicyclic) bond motifs is 6. The van der Waals surface area contributed by atoms with Gasteiger partial charge in [-0.2, -0.15) is 0 Å². The molecular formula is C74H52N6. The number of benzene rings is 11. The van der Waals surface area contributed by atoms with E-state index in [4.69, 9.17) is 21.5 Å². The molecule has 11 aromatic carbocycles. The first-order valence-electron chi connectivity index (χ1n) is 27.1. The third-order valence-corrected chi connectivity index (χ3v) is 16.0. The summed E-state index contributed by atoms with van der Waals surface area (Å²) in [5.41, 5.74) is 22.7. The highest BCUT2D eigenvalue weighted by Crippen LogP contribution is 2.46. The number of rotatable bonds is 9. The van der Waals surface area contributed by atoms with Gasteiger partial charge >= 0.3 is 0 Å². The minimum atomic E-state index is 0.411. The highest BCUT2D eigenvalue weighted by atomic mass is 15.1. The SMILES string of the molecule is [C-]#[N+]c1cc(-n2c3ccc(-c4ccccc4C)cc3c3cc(-c4ccccc4C)ccc32)c(-n2c3ccc(-c4ccccc4C)cc3c3cc(-c4ccccc4C)ccc32)cc1-c1nc(-c2ccccc2)nc(-c2ccccc2)n1. The molecule has 0 saturated heterocycles. The number of aryl methyl sites for hydroxylation is 4. The second kappa shape index (κ2) is 19.5. The normalized spacial score (nSPS) is 11.5. The molecule has 378 valence electrons. The van der Waals surface area contributed by atoms with Gasteiger partial charge in [0.1, 0.15) is 0 Å². The van der Waals surface area contributed by atoms with Gasteiger partial charge in [0.05, 0.1) is 40.0 Å². The topological polar surface area (TPSA) is 52.9 Å². The van der Waals surface area contributed by atoms with Gasteiger partial charge in [-0.15, -0.1) is 0 Å². The fourth-order valence-corrected chi connectivity index (χ4v) is 11.9. The van der Waals surface area contributed by atoms with E-state index in [0.717, 1.165) is 88.4 Å². The van der Waals surface area contributed by atoms with Crippen LogP contribution in [0, 0.1) is 34.3 Å². The Kier molecular flexibility index (Phi) is 11.7. The summed E-state index contributed by atoms with van der Waals surface area (Å²) < 4.78 is 4.78. The van der Waals surface area contributed by atoms with Gasteiger partial charge in [0.2, 0.25) is 0 Å². The van der Waals surface area contributed by atoms with Crippen molar-refractivity contribution in [3.05, 3.63) is 276 Å². The van der Waals surface area contributed by atoms with E-state index in [2.05, 4.69) is 224 Å². The summed E-state index contributed by atoms with van der Waals surface area (Å²) in [7, 11) is 0. The van der Waals surface area contributed by atoms with E-state index in [1.807, 2.05) is 60.7 Å². The Morgan fingerprint density at radius 1 is 0.287 bits per heavy atom. The lowest BCUT2D eigenvalue weighted by molar-refractivity contribution is 1.07. The fourth-order valence-electron chi connectivity index (χ4n) is 11.9. The number of aromatic nitrogens is 5. The van der Waals surface area contributed by atoms with Crippen LogP contribution in [0.25, 0.3) is 139 Å². The predicted octanol–water partition coefficient (Wildman–Crippen LogP) is 19.5. The zero-order valence-corrected chi connectivity index (χ0v) is 44.8. The molecule has 0 aliphatic heterocycles. The molecule has 0 unspecified atom stereocenters. The summed E-state index contributed by atoms with van der Waals surface area (Å²) in [6.45, 7) is 17.8. The van der Waals surface area contributed by atoms with E-state index < -0.39 is 0 Å². The third-order valence-electron chi connectivity index (χ3n) is 16.0. The molecule has 14 aromatic rings. The third kappa shape index (κ3) is 8.15. The molecule has 0 N–H and O–H groups in total. The van der Waals surface area contributed by atoms with Crippen LogP contribution in [-0.2, 0) is 0 Å². The predicted molar refractivity (Wildman–Crippen MR) is 332 cm³/mol. The van der Waals surface area contributed by atoms with Crippen molar-refractivity contribution < 1.29 is 0 Å². The Bertz CT molecular complexity index is 4560. The van der Waals surface area contributed by atoms with Crippen molar-refractivity contribution in [3.8, 4) is 90.0 Å². The second-order valence-electron chi connectivity index (χ2n) is 20.9. The van der Waals surface area contributed by atoms with E-state index in [1.54, 1.807) is 0 Å². The quantitative estimate of drug-likeness (QED) is 0.135. The van der Waals surface area contributed by atoms with Crippen LogP contribution in [0.4, 0.5) is 5.69 Å². The summed E-state index contributed by atoms with van der Waals surface area (Å²) in [6, 6.07) is 86.2. The van der Waals surface area contributed by atoms with Gasteiger partial charge in [-0.25, -0.2) is 19.8 Å². The second-order valence-corrected chi connectivity index (χ2v) is 20.9. The summed E-state index contributed by atoms with van der Waals surface area (Å²) in [6.07, 6.45) is 0. The Morgan fingerprint density at radius 3 is 0.912 bits per heavy atom. The van der Waals surface area contributed by atoms with Crippen LogP contribution in [0.1, 0.15) is 22.3 Å². The molecule has 14 rings (SSSR count). The Labute approximate surface area is 465 Å². The monoisotopic (exact) mass is 1020 g/mol. The fraction of sp³-hybridized carbons (Fsp3) is 0.0541. The van der Waals surface area contributed by atoms with Crippen LogP contribution in [0.2, 0.25) is 0 Å². The average molecular weight is 1030 g/mol. The highest BCUT2D eigenvalue weighted by molar-refractivity contribution is 6.14. The molecule has 0 radical (unpaired) electrons. The molecule has 3 heterocycles. The zero-order valence-electron chi connectivity index (χ0n) is 44.8. The van der Waals surface area contributed by atoms with E-state index in [1.165, 1.54) is 44.5 Å². The highest BCUT2D eigenvalue weighted by Gasteiger charge is 2.26. The Balaban J connectivity index is 1.12. The van der Waals surface area contributed by atoms with Gasteiger partial charge in [-0.1, -0.05) is 182 Å². The molecular weight excluding hydrogens is 973 g/mol.